The third kappa shape index (κ3) is 12.7. The van der Waals surface area contributed by atoms with Gasteiger partial charge in [-0.2, -0.15) is 26.3 Å². The van der Waals surface area contributed by atoms with Crippen molar-refractivity contribution in [2.75, 3.05) is 5.73 Å². The molecule has 0 saturated heterocycles. The topological polar surface area (TPSA) is 114 Å². The lowest BCUT2D eigenvalue weighted by molar-refractivity contribution is -0.138. The number of alkyl halides is 6. The Morgan fingerprint density at radius 1 is 0.679 bits per heavy atom. The summed E-state index contributed by atoms with van der Waals surface area (Å²) in [5.74, 6) is -2.08. The summed E-state index contributed by atoms with van der Waals surface area (Å²) in [6.07, 6.45) is -6.77. The van der Waals surface area contributed by atoms with Crippen molar-refractivity contribution in [2.45, 2.75) is 40.0 Å². The molecule has 0 aliphatic carbocycles. The van der Waals surface area contributed by atoms with Crippen molar-refractivity contribution < 1.29 is 35.1 Å². The molecule has 7 nitrogen and oxygen atoms in total. The molecule has 0 fully saturated rings. The van der Waals surface area contributed by atoms with E-state index in [4.69, 9.17) is 34.3 Å². The van der Waals surface area contributed by atoms with Gasteiger partial charge in [-0.1, -0.05) is 34.5 Å². The number of benzene rings is 2. The van der Waals surface area contributed by atoms with E-state index in [2.05, 4.69) is 24.9 Å². The highest BCUT2D eigenvalue weighted by Crippen LogP contribution is 2.33. The number of nitrogens with one attached hydrogen (secondary N) is 1. The summed E-state index contributed by atoms with van der Waals surface area (Å²) in [6, 6.07) is 10.1. The molecule has 4 heterocycles. The second-order valence-corrected chi connectivity index (χ2v) is 14.6. The van der Waals surface area contributed by atoms with Gasteiger partial charge in [-0.15, -0.1) is 23.7 Å². The van der Waals surface area contributed by atoms with Gasteiger partial charge >= 0.3 is 12.4 Å². The zero-order chi connectivity index (χ0) is 40.8. The van der Waals surface area contributed by atoms with Crippen LogP contribution in [0.1, 0.15) is 54.8 Å². The van der Waals surface area contributed by atoms with Crippen LogP contribution in [-0.2, 0) is 12.4 Å². The standard InChI is InChI=1S/C18H12ClF4N3S.C13H7ClF4N2.C5H8N2S.ClH/c1-9-10(2)27-17(25-9)26-16(15-4-3-13(19)8-24-15)11-5-12(18(21,22)23)7-14(20)6-11;14-9-1-2-11(20-6-9)12(19)7-3-8(13(16,17)18)5-10(15)4-7;1-3-4(2)8-5(6)7-3;/h3-8H,1-2H3;1-6,19H;1-2H3,(H2,6,7);1H. The first-order chi connectivity index (χ1) is 25.6. The van der Waals surface area contributed by atoms with Crippen molar-refractivity contribution >= 4 is 80.0 Å². The molecule has 0 bridgehead atoms. The minimum atomic E-state index is -4.69. The summed E-state index contributed by atoms with van der Waals surface area (Å²) in [7, 11) is 0. The van der Waals surface area contributed by atoms with Gasteiger partial charge in [0.05, 0.1) is 55.4 Å². The van der Waals surface area contributed by atoms with Crippen LogP contribution in [0.3, 0.4) is 0 Å². The van der Waals surface area contributed by atoms with Gasteiger partial charge in [0.15, 0.2) is 5.13 Å². The van der Waals surface area contributed by atoms with Gasteiger partial charge in [-0.25, -0.2) is 23.7 Å². The highest BCUT2D eigenvalue weighted by Gasteiger charge is 2.33. The Kier molecular flexibility index (Phi) is 15.6. The molecule has 6 aromatic rings. The molecule has 0 spiro atoms. The molecule has 0 aliphatic rings. The Bertz CT molecular complexity index is 2290. The Hall–Kier alpha value is -4.55. The van der Waals surface area contributed by atoms with E-state index in [1.807, 2.05) is 20.8 Å². The molecule has 56 heavy (non-hydrogen) atoms. The van der Waals surface area contributed by atoms with E-state index in [1.54, 1.807) is 6.92 Å². The molecule has 0 aliphatic heterocycles. The van der Waals surface area contributed by atoms with Crippen LogP contribution in [0.2, 0.25) is 10.0 Å². The second-order valence-electron chi connectivity index (χ2n) is 11.3. The fraction of sp³-hybridized carbons (Fsp3) is 0.167. The zero-order valence-corrected chi connectivity index (χ0v) is 33.2. The lowest BCUT2D eigenvalue weighted by Gasteiger charge is -2.11. The highest BCUT2D eigenvalue weighted by atomic mass is 35.5. The minimum absolute atomic E-state index is 0. The molecule has 0 unspecified atom stereocenters. The van der Waals surface area contributed by atoms with Crippen molar-refractivity contribution in [3.05, 3.63) is 150 Å². The van der Waals surface area contributed by atoms with E-state index in [9.17, 15) is 35.1 Å². The number of pyridine rings is 2. The summed E-state index contributed by atoms with van der Waals surface area (Å²) in [5.41, 5.74) is 4.81. The molecule has 0 saturated carbocycles. The third-order valence-electron chi connectivity index (χ3n) is 7.24. The lowest BCUT2D eigenvalue weighted by Crippen LogP contribution is -2.11. The average Bonchev–Trinajstić information content (AvgIpc) is 3.58. The summed E-state index contributed by atoms with van der Waals surface area (Å²) < 4.78 is 104. The van der Waals surface area contributed by atoms with Crippen LogP contribution in [0.15, 0.2) is 78.0 Å². The van der Waals surface area contributed by atoms with Crippen molar-refractivity contribution in [3.63, 3.8) is 0 Å². The predicted molar refractivity (Wildman–Crippen MR) is 207 cm³/mol. The molecule has 20 heteroatoms. The van der Waals surface area contributed by atoms with Gasteiger partial charge in [-0.3, -0.25) is 15.4 Å². The number of rotatable bonds is 5. The van der Waals surface area contributed by atoms with Gasteiger partial charge in [0.2, 0.25) is 5.13 Å². The molecule has 3 N–H and O–H groups in total. The van der Waals surface area contributed by atoms with Crippen molar-refractivity contribution in [3.8, 4) is 0 Å². The van der Waals surface area contributed by atoms with Crippen LogP contribution in [0, 0.1) is 44.7 Å². The fourth-order valence-electron chi connectivity index (χ4n) is 4.34. The number of hydrogen-bond donors (Lipinski definition) is 2. The van der Waals surface area contributed by atoms with Gasteiger partial charge in [-0.05, 0) is 88.4 Å². The number of thiazole rings is 2. The number of halogens is 11. The first-order valence-corrected chi connectivity index (χ1v) is 17.8. The number of nitrogen functional groups attached to an aromatic ring is 1. The van der Waals surface area contributed by atoms with Crippen LogP contribution < -0.4 is 5.73 Å². The van der Waals surface area contributed by atoms with Crippen molar-refractivity contribution in [1.29, 1.82) is 5.41 Å². The van der Waals surface area contributed by atoms with Crippen LogP contribution in [0.4, 0.5) is 45.4 Å². The highest BCUT2D eigenvalue weighted by molar-refractivity contribution is 7.15. The molecule has 2 aromatic carbocycles. The number of aromatic nitrogens is 4. The smallest absolute Gasteiger partial charge is 0.375 e. The average molecular weight is 881 g/mol. The summed E-state index contributed by atoms with van der Waals surface area (Å²) in [6.45, 7) is 7.64. The Balaban J connectivity index is 0.000000254. The monoisotopic (exact) mass is 879 g/mol. The normalized spacial score (nSPS) is 11.5. The number of anilines is 1. The third-order valence-corrected chi connectivity index (χ3v) is 9.55. The van der Waals surface area contributed by atoms with E-state index < -0.39 is 35.1 Å². The van der Waals surface area contributed by atoms with E-state index in [0.29, 0.717) is 38.5 Å². The van der Waals surface area contributed by atoms with Crippen LogP contribution in [0.5, 0.6) is 0 Å². The number of hydrogen-bond acceptors (Lipinski definition) is 9. The molecule has 4 aromatic heterocycles. The number of nitrogens with two attached hydrogens (primary N) is 1. The van der Waals surface area contributed by atoms with Crippen LogP contribution in [0.25, 0.3) is 0 Å². The Morgan fingerprint density at radius 2 is 1.14 bits per heavy atom. The summed E-state index contributed by atoms with van der Waals surface area (Å²) >= 11 is 14.3. The van der Waals surface area contributed by atoms with Gasteiger partial charge in [0.25, 0.3) is 0 Å². The second kappa shape index (κ2) is 19.1. The largest absolute Gasteiger partial charge is 0.416 e. The minimum Gasteiger partial charge on any atom is -0.375 e. The Morgan fingerprint density at radius 3 is 1.54 bits per heavy atom. The van der Waals surface area contributed by atoms with E-state index in [-0.39, 0.29) is 46.3 Å². The number of nitrogens with zero attached hydrogens (tertiary/aromatic N) is 5. The molecule has 0 radical (unpaired) electrons. The maximum absolute atomic E-state index is 13.9. The first-order valence-electron chi connectivity index (χ1n) is 15.4. The molecule has 296 valence electrons. The molecular formula is C36H28Cl3F8N7S2. The van der Waals surface area contributed by atoms with Crippen LogP contribution >= 0.6 is 58.3 Å². The predicted octanol–water partition coefficient (Wildman–Crippen LogP) is 12.2. The number of aryl methyl sites for hydroxylation is 4. The maximum atomic E-state index is 13.9. The van der Waals surface area contributed by atoms with Gasteiger partial charge in [0, 0.05) is 33.3 Å². The summed E-state index contributed by atoms with van der Waals surface area (Å²) in [4.78, 5) is 22.7. The first kappa shape index (κ1) is 45.8. The van der Waals surface area contributed by atoms with Crippen LogP contribution in [-0.4, -0.2) is 31.4 Å². The molecular weight excluding hydrogens is 853 g/mol. The van der Waals surface area contributed by atoms with Gasteiger partial charge < -0.3 is 5.73 Å². The maximum Gasteiger partial charge on any atom is 0.416 e. The molecule has 0 amide bonds. The fourth-order valence-corrected chi connectivity index (χ4v) is 6.04. The number of aliphatic imine (C=N–C) groups is 1. The van der Waals surface area contributed by atoms with E-state index in [1.165, 1.54) is 64.2 Å². The lowest BCUT2D eigenvalue weighted by atomic mass is 10.0. The van der Waals surface area contributed by atoms with E-state index in [0.717, 1.165) is 34.5 Å². The van der Waals surface area contributed by atoms with Crippen molar-refractivity contribution in [1.82, 2.24) is 19.9 Å². The molecule has 0 atom stereocenters. The van der Waals surface area contributed by atoms with Gasteiger partial charge in [0.1, 0.15) is 11.6 Å². The summed E-state index contributed by atoms with van der Waals surface area (Å²) in [5, 5.41) is 9.49. The Labute approximate surface area is 339 Å². The van der Waals surface area contributed by atoms with E-state index >= 15 is 0 Å². The molecule has 6 rings (SSSR count). The quantitative estimate of drug-likeness (QED) is 0.132. The SMILES string of the molecule is Cc1nc(N)sc1C.Cc1nc(N=C(c2cc(F)cc(C(F)(F)F)c2)c2ccc(Cl)cn2)sc1C.Cl.N=C(c1cc(F)cc(C(F)(F)F)c1)c1ccc(Cl)cn1. The van der Waals surface area contributed by atoms with Crippen molar-refractivity contribution in [2.24, 2.45) is 4.99 Å². The zero-order valence-electron chi connectivity index (χ0n) is 29.2.